The zero-order chi connectivity index (χ0) is 12.6. The molecule has 0 rings (SSSR count). The van der Waals surface area contributed by atoms with Gasteiger partial charge in [-0.15, -0.1) is 0 Å². The predicted molar refractivity (Wildman–Crippen MR) is 58.4 cm³/mol. The number of ether oxygens (including phenoxy) is 2. The van der Waals surface area contributed by atoms with Crippen molar-refractivity contribution in [3.63, 3.8) is 0 Å². The quantitative estimate of drug-likeness (QED) is 0.411. The first-order valence-corrected chi connectivity index (χ1v) is 6.22. The van der Waals surface area contributed by atoms with Gasteiger partial charge in [0.15, 0.2) is 0 Å². The van der Waals surface area contributed by atoms with Gasteiger partial charge in [0.2, 0.25) is 0 Å². The van der Waals surface area contributed by atoms with E-state index in [1.165, 1.54) is 14.0 Å². The van der Waals surface area contributed by atoms with Crippen LogP contribution in [0.2, 0.25) is 0 Å². The number of methoxy groups -OCH3 is 1. The number of aliphatic hydroxyl groups is 2. The number of rotatable bonds is 8. The van der Waals surface area contributed by atoms with Crippen LogP contribution in [0, 0.1) is 0 Å². The van der Waals surface area contributed by atoms with E-state index >= 15 is 0 Å². The lowest BCUT2D eigenvalue weighted by Crippen LogP contribution is -2.32. The van der Waals surface area contributed by atoms with Crippen molar-refractivity contribution in [1.82, 2.24) is 0 Å². The van der Waals surface area contributed by atoms with Crippen molar-refractivity contribution >= 4 is 16.8 Å². The van der Waals surface area contributed by atoms with Gasteiger partial charge in [-0.1, -0.05) is 0 Å². The molecule has 0 bridgehead atoms. The van der Waals surface area contributed by atoms with E-state index in [2.05, 4.69) is 4.74 Å². The van der Waals surface area contributed by atoms with Crippen molar-refractivity contribution in [2.45, 2.75) is 18.3 Å². The Morgan fingerprint density at radius 3 is 2.56 bits per heavy atom. The SMILES string of the molecule is COCCOC(=O)C(C)S(=O)CC(O)CO. The molecule has 0 aromatic carbocycles. The van der Waals surface area contributed by atoms with Gasteiger partial charge in [-0.05, 0) is 6.92 Å². The number of carbonyl (C=O) groups excluding carboxylic acids is 1. The Morgan fingerprint density at radius 2 is 2.06 bits per heavy atom. The molecule has 7 heteroatoms. The molecular formula is C9H18O6S. The van der Waals surface area contributed by atoms with Crippen LogP contribution in [-0.4, -0.2) is 64.4 Å². The van der Waals surface area contributed by atoms with Crippen molar-refractivity contribution in [2.24, 2.45) is 0 Å². The Morgan fingerprint density at radius 1 is 1.44 bits per heavy atom. The topological polar surface area (TPSA) is 93.1 Å². The first-order chi connectivity index (χ1) is 7.52. The summed E-state index contributed by atoms with van der Waals surface area (Å²) < 4.78 is 21.0. The Labute approximate surface area is 97.0 Å². The van der Waals surface area contributed by atoms with E-state index in [0.29, 0.717) is 0 Å². The highest BCUT2D eigenvalue weighted by molar-refractivity contribution is 7.86. The summed E-state index contributed by atoms with van der Waals surface area (Å²) in [6, 6.07) is 0. The van der Waals surface area contributed by atoms with Crippen molar-refractivity contribution in [3.05, 3.63) is 0 Å². The van der Waals surface area contributed by atoms with Gasteiger partial charge < -0.3 is 19.7 Å². The minimum atomic E-state index is -1.56. The average Bonchev–Trinajstić information content (AvgIpc) is 2.27. The maximum atomic E-state index is 11.5. The van der Waals surface area contributed by atoms with Crippen LogP contribution in [-0.2, 0) is 25.1 Å². The molecule has 0 aliphatic rings. The molecule has 96 valence electrons. The summed E-state index contributed by atoms with van der Waals surface area (Å²) in [4.78, 5) is 11.3. The third-order valence-corrected chi connectivity index (χ3v) is 3.52. The lowest BCUT2D eigenvalue weighted by molar-refractivity contribution is -0.143. The maximum absolute atomic E-state index is 11.5. The fraction of sp³-hybridized carbons (Fsp3) is 0.889. The highest BCUT2D eigenvalue weighted by atomic mass is 32.2. The minimum absolute atomic E-state index is 0.111. The number of hydrogen-bond acceptors (Lipinski definition) is 6. The Balaban J connectivity index is 3.96. The largest absolute Gasteiger partial charge is 0.462 e. The van der Waals surface area contributed by atoms with Crippen molar-refractivity contribution in [2.75, 3.05) is 32.7 Å². The molecule has 0 aliphatic carbocycles. The zero-order valence-corrected chi connectivity index (χ0v) is 10.2. The average molecular weight is 254 g/mol. The van der Waals surface area contributed by atoms with E-state index in [1.54, 1.807) is 0 Å². The van der Waals surface area contributed by atoms with Crippen LogP contribution >= 0.6 is 0 Å². The first-order valence-electron chi connectivity index (χ1n) is 4.84. The van der Waals surface area contributed by atoms with Gasteiger partial charge >= 0.3 is 5.97 Å². The molecule has 0 aliphatic heterocycles. The van der Waals surface area contributed by atoms with Gasteiger partial charge in [0, 0.05) is 17.9 Å². The first kappa shape index (κ1) is 15.5. The number of carbonyl (C=O) groups is 1. The van der Waals surface area contributed by atoms with E-state index in [0.717, 1.165) is 0 Å². The van der Waals surface area contributed by atoms with Crippen LogP contribution in [0.15, 0.2) is 0 Å². The second-order valence-corrected chi connectivity index (χ2v) is 4.99. The third kappa shape index (κ3) is 6.16. The van der Waals surface area contributed by atoms with Crippen molar-refractivity contribution in [3.8, 4) is 0 Å². The Kier molecular flexibility index (Phi) is 8.36. The zero-order valence-electron chi connectivity index (χ0n) is 9.42. The molecule has 0 amide bonds. The lowest BCUT2D eigenvalue weighted by atomic mass is 10.4. The molecule has 3 atom stereocenters. The van der Waals surface area contributed by atoms with E-state index in [-0.39, 0.29) is 19.0 Å². The lowest BCUT2D eigenvalue weighted by Gasteiger charge is -2.13. The smallest absolute Gasteiger partial charge is 0.321 e. The minimum Gasteiger partial charge on any atom is -0.462 e. The second kappa shape index (κ2) is 8.63. The molecule has 0 aromatic heterocycles. The van der Waals surface area contributed by atoms with Crippen LogP contribution in [0.3, 0.4) is 0 Å². The molecule has 0 saturated carbocycles. The summed E-state index contributed by atoms with van der Waals surface area (Å²) in [6.07, 6.45) is -1.07. The predicted octanol–water partition coefficient (Wildman–Crippen LogP) is -1.33. The molecule has 0 radical (unpaired) electrons. The number of aliphatic hydroxyl groups excluding tert-OH is 2. The summed E-state index contributed by atoms with van der Waals surface area (Å²) in [5.74, 6) is -0.739. The summed E-state index contributed by atoms with van der Waals surface area (Å²) in [7, 11) is -0.0764. The summed E-state index contributed by atoms with van der Waals surface area (Å²) in [5.41, 5.74) is 0. The standard InChI is InChI=1S/C9H18O6S/c1-7(9(12)15-4-3-14-2)16(13)6-8(11)5-10/h7-8,10-11H,3-6H2,1-2H3. The highest BCUT2D eigenvalue weighted by Crippen LogP contribution is 2.01. The second-order valence-electron chi connectivity index (χ2n) is 3.19. The highest BCUT2D eigenvalue weighted by Gasteiger charge is 2.23. The fourth-order valence-corrected chi connectivity index (χ4v) is 1.89. The van der Waals surface area contributed by atoms with Gasteiger partial charge in [-0.2, -0.15) is 0 Å². The molecule has 2 N–H and O–H groups in total. The molecule has 0 heterocycles. The van der Waals surface area contributed by atoms with Crippen LogP contribution < -0.4 is 0 Å². The molecule has 0 fully saturated rings. The van der Waals surface area contributed by atoms with Crippen LogP contribution in [0.4, 0.5) is 0 Å². The van der Waals surface area contributed by atoms with Gasteiger partial charge in [-0.3, -0.25) is 9.00 Å². The van der Waals surface area contributed by atoms with E-state index in [9.17, 15) is 9.00 Å². The van der Waals surface area contributed by atoms with Gasteiger partial charge in [0.05, 0.1) is 25.1 Å². The van der Waals surface area contributed by atoms with Gasteiger partial charge in [-0.25, -0.2) is 0 Å². The normalized spacial score (nSPS) is 16.5. The fourth-order valence-electron chi connectivity index (χ4n) is 0.837. The summed E-state index contributed by atoms with van der Waals surface area (Å²) >= 11 is 0. The number of hydrogen-bond donors (Lipinski definition) is 2. The molecule has 16 heavy (non-hydrogen) atoms. The Hall–Kier alpha value is -0.500. The molecule has 0 spiro atoms. The van der Waals surface area contributed by atoms with E-state index < -0.39 is 34.7 Å². The summed E-state index contributed by atoms with van der Waals surface area (Å²) in [6.45, 7) is 1.37. The molecular weight excluding hydrogens is 236 g/mol. The molecule has 0 saturated heterocycles. The summed E-state index contributed by atoms with van der Waals surface area (Å²) in [5, 5.41) is 16.8. The van der Waals surface area contributed by atoms with Gasteiger partial charge in [0.1, 0.15) is 11.9 Å². The van der Waals surface area contributed by atoms with Crippen molar-refractivity contribution in [1.29, 1.82) is 0 Å². The van der Waals surface area contributed by atoms with Crippen LogP contribution in [0.25, 0.3) is 0 Å². The molecule has 0 aromatic rings. The third-order valence-electron chi connectivity index (χ3n) is 1.83. The van der Waals surface area contributed by atoms with Crippen LogP contribution in [0.5, 0.6) is 0 Å². The maximum Gasteiger partial charge on any atom is 0.321 e. The van der Waals surface area contributed by atoms with Gasteiger partial charge in [0.25, 0.3) is 0 Å². The van der Waals surface area contributed by atoms with Crippen molar-refractivity contribution < 1.29 is 28.7 Å². The number of esters is 1. The van der Waals surface area contributed by atoms with E-state index in [1.807, 2.05) is 0 Å². The van der Waals surface area contributed by atoms with Crippen LogP contribution in [0.1, 0.15) is 6.92 Å². The molecule has 6 nitrogen and oxygen atoms in total. The van der Waals surface area contributed by atoms with E-state index in [4.69, 9.17) is 14.9 Å². The molecule has 3 unspecified atom stereocenters. The Bertz CT molecular complexity index is 232. The monoisotopic (exact) mass is 254 g/mol.